The Labute approximate surface area is 113 Å². The molecule has 0 rings (SSSR count). The van der Waals surface area contributed by atoms with Crippen molar-refractivity contribution in [1.82, 2.24) is 0 Å². The van der Waals surface area contributed by atoms with E-state index >= 15 is 0 Å². The average molecular weight is 309 g/mol. The van der Waals surface area contributed by atoms with Crippen LogP contribution in [-0.2, 0) is 32.0 Å². The van der Waals surface area contributed by atoms with Gasteiger partial charge in [-0.05, 0) is 0 Å². The van der Waals surface area contributed by atoms with Crippen LogP contribution in [-0.4, -0.2) is 29.9 Å². The Hall–Kier alpha value is -1.86. The van der Waals surface area contributed by atoms with Crippen LogP contribution in [0.4, 0.5) is 0 Å². The van der Waals surface area contributed by atoms with Crippen LogP contribution in [0.5, 0.6) is 0 Å². The fourth-order valence-electron chi connectivity index (χ4n) is 1.15. The van der Waals surface area contributed by atoms with Gasteiger partial charge in [-0.15, -0.1) is 0 Å². The van der Waals surface area contributed by atoms with E-state index in [1.54, 1.807) is 0 Å². The number of aliphatic hydroxyl groups excluding tert-OH is 1. The summed E-state index contributed by atoms with van der Waals surface area (Å²) < 4.78 is -2.27. The fraction of sp³-hybridized carbons (Fsp3) is 0.455. The Morgan fingerprint density at radius 3 is 1.05 bits per heavy atom. The van der Waals surface area contributed by atoms with Gasteiger partial charge < -0.3 is 5.11 Å². The Morgan fingerprint density at radius 2 is 1.05 bits per heavy atom. The minimum absolute atomic E-state index is 0.568. The first-order valence-electron chi connectivity index (χ1n) is 4.86. The Morgan fingerprint density at radius 1 is 0.842 bits per heavy atom. The maximum atomic E-state index is 11.2. The van der Waals surface area contributed by atoms with Crippen molar-refractivity contribution < 1.29 is 37.1 Å². The number of nitrogens with zero attached hydrogens (tertiary/aromatic N) is 2. The minimum atomic E-state index is -3.68. The zero-order valence-electron chi connectivity index (χ0n) is 10.9. The van der Waals surface area contributed by atoms with E-state index in [0.29, 0.717) is 0 Å². The molecule has 0 heterocycles. The third kappa shape index (κ3) is 4.72. The molecular weight excluding hydrogens is 295 g/mol. The van der Waals surface area contributed by atoms with Crippen LogP contribution in [0.2, 0.25) is 0 Å². The van der Waals surface area contributed by atoms with E-state index in [0.717, 1.165) is 27.7 Å². The van der Waals surface area contributed by atoms with Gasteiger partial charge in [0.2, 0.25) is 6.10 Å². The van der Waals surface area contributed by atoms with E-state index in [-0.39, 0.29) is 0 Å². The summed E-state index contributed by atoms with van der Waals surface area (Å²) in [5.74, 6) is 0. The maximum absolute atomic E-state index is 11.2. The number of aliphatic hydroxyl groups is 1. The molecular formula is C11H14MnN2O5. The van der Waals surface area contributed by atoms with Gasteiger partial charge in [0.25, 0.3) is 0 Å². The van der Waals surface area contributed by atoms with Gasteiger partial charge in [-0.2, -0.15) is 10.5 Å². The van der Waals surface area contributed by atoms with Crippen molar-refractivity contribution in [2.45, 2.75) is 33.8 Å². The van der Waals surface area contributed by atoms with E-state index in [2.05, 4.69) is 0 Å². The van der Waals surface area contributed by atoms with Crippen molar-refractivity contribution in [1.29, 1.82) is 10.5 Å². The first-order chi connectivity index (χ1) is 8.58. The second-order valence-electron chi connectivity index (χ2n) is 3.11. The summed E-state index contributed by atoms with van der Waals surface area (Å²) >= 11 is -3.68. The molecule has 0 bridgehead atoms. The molecule has 105 valence electrons. The van der Waals surface area contributed by atoms with Crippen LogP contribution in [0, 0.1) is 22.7 Å². The normalized spacial score (nSPS) is 10.3. The molecule has 0 saturated carbocycles. The zero-order valence-corrected chi connectivity index (χ0v) is 12.1. The van der Waals surface area contributed by atoms with Crippen molar-refractivity contribution in [2.24, 2.45) is 0 Å². The number of hydrogen-bond donors (Lipinski definition) is 1. The molecule has 0 aromatic heterocycles. The third-order valence-corrected chi connectivity index (χ3v) is 6.83. The van der Waals surface area contributed by atoms with E-state index < -0.39 is 37.7 Å². The van der Waals surface area contributed by atoms with Crippen LogP contribution < -0.4 is 0 Å². The molecule has 0 radical (unpaired) electrons. The number of rotatable bonds is 4. The molecule has 0 aromatic carbocycles. The van der Waals surface area contributed by atoms with Crippen LogP contribution in [0.15, 0.2) is 0 Å². The van der Waals surface area contributed by atoms with E-state index in [1.807, 2.05) is 0 Å². The van der Waals surface area contributed by atoms with Crippen molar-refractivity contribution in [3.8, 4) is 12.1 Å². The summed E-state index contributed by atoms with van der Waals surface area (Å²) in [5, 5.41) is 23.2. The molecule has 0 unspecified atom stereocenters. The molecule has 0 aliphatic rings. The molecule has 19 heavy (non-hydrogen) atoms. The molecule has 0 aliphatic heterocycles. The van der Waals surface area contributed by atoms with Crippen LogP contribution in [0.25, 0.3) is 0 Å². The van der Waals surface area contributed by atoms with Gasteiger partial charge in [-0.25, -0.2) is 0 Å². The fourth-order valence-corrected chi connectivity index (χ4v) is 4.66. The average Bonchev–Trinajstić information content (AvgIpc) is 2.27. The van der Waals surface area contributed by atoms with E-state index in [1.165, 1.54) is 12.1 Å². The van der Waals surface area contributed by atoms with Crippen LogP contribution in [0.1, 0.15) is 27.7 Å². The molecule has 0 saturated heterocycles. The quantitative estimate of drug-likeness (QED) is 0.557. The molecule has 7 nitrogen and oxygen atoms in total. The first-order valence-corrected chi connectivity index (χ1v) is 7.22. The predicted molar refractivity (Wildman–Crippen MR) is 60.0 cm³/mol. The third-order valence-electron chi connectivity index (χ3n) is 1.84. The number of carbonyl (C=O) groups is 4. The largest absolute Gasteiger partial charge is 0.366 e. The summed E-state index contributed by atoms with van der Waals surface area (Å²) in [5.41, 5.74) is 0. The van der Waals surface area contributed by atoms with Gasteiger partial charge in [-0.3, -0.25) is 0 Å². The van der Waals surface area contributed by atoms with Crippen molar-refractivity contribution in [3.05, 3.63) is 0 Å². The molecule has 1 N–H and O–H groups in total. The number of carbonyl (C=O) groups excluding carboxylic acids is 4. The topological polar surface area (TPSA) is 136 Å². The van der Waals surface area contributed by atoms with Crippen LogP contribution in [0.3, 0.4) is 0 Å². The van der Waals surface area contributed by atoms with Gasteiger partial charge in [-0.1, -0.05) is 0 Å². The SMILES string of the molecule is C[C](=O)[Mn]([C](C)=O)([C](C)=O)[C](C)=O.N#CC(O)C#N. The van der Waals surface area contributed by atoms with E-state index in [4.69, 9.17) is 15.6 Å². The summed E-state index contributed by atoms with van der Waals surface area (Å²) in [6.45, 7) is 4.54. The molecule has 0 atom stereocenters. The van der Waals surface area contributed by atoms with Gasteiger partial charge in [0, 0.05) is 0 Å². The minimum Gasteiger partial charge on any atom is -0.366 e. The standard InChI is InChI=1S/C3H2N2O.4C2H3O.Mn/c4-1-3(6)2-5;4*1-2-3;/h3,6H;4*1H3;. The first kappa shape index (κ1) is 19.5. The summed E-state index contributed by atoms with van der Waals surface area (Å²) in [6.07, 6.45) is -1.45. The predicted octanol–water partition coefficient (Wildman–Crippen LogP) is -0.279. The van der Waals surface area contributed by atoms with Crippen LogP contribution >= 0.6 is 0 Å². The van der Waals surface area contributed by atoms with Gasteiger partial charge >= 0.3 is 78.4 Å². The Bertz CT molecular complexity index is 411. The van der Waals surface area contributed by atoms with Crippen molar-refractivity contribution in [2.75, 3.05) is 0 Å². The number of nitriles is 2. The zero-order chi connectivity index (χ0) is 15.8. The summed E-state index contributed by atoms with van der Waals surface area (Å²) in [6, 6.07) is 2.62. The van der Waals surface area contributed by atoms with Crippen molar-refractivity contribution >= 4 is 18.7 Å². The molecule has 0 spiro atoms. The molecule has 0 amide bonds. The molecule has 8 heteroatoms. The summed E-state index contributed by atoms with van der Waals surface area (Å²) in [7, 11) is 0. The molecule has 0 fully saturated rings. The Balaban J connectivity index is 0. The maximum Gasteiger partial charge on any atom is 0.228 e. The van der Waals surface area contributed by atoms with Gasteiger partial charge in [0.05, 0.1) is 0 Å². The van der Waals surface area contributed by atoms with Gasteiger partial charge in [0.1, 0.15) is 12.1 Å². The van der Waals surface area contributed by atoms with Gasteiger partial charge in [0.15, 0.2) is 0 Å². The Kier molecular flexibility index (Phi) is 8.49. The number of hydrogen-bond acceptors (Lipinski definition) is 7. The van der Waals surface area contributed by atoms with E-state index in [9.17, 15) is 19.2 Å². The second-order valence-corrected chi connectivity index (χ2v) is 8.20. The van der Waals surface area contributed by atoms with Crippen molar-refractivity contribution in [3.63, 3.8) is 0 Å². The summed E-state index contributed by atoms with van der Waals surface area (Å²) in [4.78, 5) is 44.8. The molecule has 0 aromatic rings. The monoisotopic (exact) mass is 309 g/mol. The second kappa shape index (κ2) is 8.28. The molecule has 0 aliphatic carbocycles. The smallest absolute Gasteiger partial charge is 0.228 e.